The molecule has 4 aromatic rings. The molecule has 130 valence electrons. The number of anilines is 2. The van der Waals surface area contributed by atoms with Crippen molar-refractivity contribution in [1.29, 1.82) is 0 Å². The van der Waals surface area contributed by atoms with Crippen molar-refractivity contribution in [2.45, 2.75) is 17.7 Å². The van der Waals surface area contributed by atoms with Crippen molar-refractivity contribution in [2.24, 2.45) is 0 Å². The summed E-state index contributed by atoms with van der Waals surface area (Å²) in [6.45, 7) is 2.08. The van der Waals surface area contributed by atoms with E-state index in [9.17, 15) is 0 Å². The van der Waals surface area contributed by atoms with Crippen molar-refractivity contribution < 1.29 is 0 Å². The molecular weight excluding hydrogens is 366 g/mol. The van der Waals surface area contributed by atoms with Crippen LogP contribution in [0.5, 0.6) is 0 Å². The van der Waals surface area contributed by atoms with E-state index in [4.69, 9.17) is 11.5 Å². The van der Waals surface area contributed by atoms with Gasteiger partial charge in [-0.05, 0) is 12.5 Å². The number of aromatic nitrogens is 5. The number of benzene rings is 1. The van der Waals surface area contributed by atoms with Crippen molar-refractivity contribution in [2.75, 3.05) is 11.5 Å². The second-order valence-electron chi connectivity index (χ2n) is 5.63. The van der Waals surface area contributed by atoms with Gasteiger partial charge in [0.25, 0.3) is 0 Å². The van der Waals surface area contributed by atoms with E-state index in [-0.39, 0.29) is 11.9 Å². The van der Waals surface area contributed by atoms with Crippen molar-refractivity contribution in [3.63, 3.8) is 0 Å². The number of thioether (sulfide) groups is 1. The summed E-state index contributed by atoms with van der Waals surface area (Å²) in [6.07, 6.45) is 1.58. The molecule has 4 N–H and O–H groups in total. The van der Waals surface area contributed by atoms with Crippen LogP contribution in [0.2, 0.25) is 0 Å². The molecule has 0 radical (unpaired) electrons. The van der Waals surface area contributed by atoms with Crippen LogP contribution in [0.1, 0.15) is 11.4 Å². The minimum Gasteiger partial charge on any atom is -0.368 e. The normalized spacial score (nSPS) is 11.1. The molecule has 4 rings (SSSR count). The Morgan fingerprint density at radius 1 is 1.00 bits per heavy atom. The summed E-state index contributed by atoms with van der Waals surface area (Å²) in [5.74, 6) is 1.26. The highest BCUT2D eigenvalue weighted by Crippen LogP contribution is 2.38. The van der Waals surface area contributed by atoms with Crippen LogP contribution < -0.4 is 11.5 Å². The Bertz CT molecular complexity index is 1060. The molecule has 0 unspecified atom stereocenters. The molecule has 9 heteroatoms. The van der Waals surface area contributed by atoms with Crippen molar-refractivity contribution >= 4 is 45.2 Å². The Morgan fingerprint density at radius 2 is 1.73 bits per heavy atom. The first-order chi connectivity index (χ1) is 12.6. The van der Waals surface area contributed by atoms with Crippen molar-refractivity contribution in [3.05, 3.63) is 47.4 Å². The number of fused-ring (bicyclic) bond motifs is 1. The average molecular weight is 381 g/mol. The van der Waals surface area contributed by atoms with Crippen LogP contribution >= 0.6 is 23.1 Å². The molecule has 0 aliphatic rings. The van der Waals surface area contributed by atoms with Gasteiger partial charge < -0.3 is 11.5 Å². The molecule has 0 spiro atoms. The number of nitrogens with two attached hydrogens (primary N) is 2. The number of thiophene rings is 1. The van der Waals surface area contributed by atoms with E-state index >= 15 is 0 Å². The molecule has 0 atom stereocenters. The van der Waals surface area contributed by atoms with E-state index in [1.54, 1.807) is 17.7 Å². The van der Waals surface area contributed by atoms with Gasteiger partial charge in [-0.3, -0.25) is 0 Å². The maximum Gasteiger partial charge on any atom is 0.225 e. The van der Waals surface area contributed by atoms with E-state index in [0.29, 0.717) is 11.6 Å². The number of nitrogens with zero attached hydrogens (tertiary/aromatic N) is 5. The highest BCUT2D eigenvalue weighted by Gasteiger charge is 2.14. The lowest BCUT2D eigenvalue weighted by molar-refractivity contribution is 0.985. The number of rotatable bonds is 4. The smallest absolute Gasteiger partial charge is 0.225 e. The Kier molecular flexibility index (Phi) is 4.39. The molecule has 0 aliphatic carbocycles. The lowest BCUT2D eigenvalue weighted by Gasteiger charge is -2.06. The summed E-state index contributed by atoms with van der Waals surface area (Å²) >= 11 is 3.14. The van der Waals surface area contributed by atoms with Crippen LogP contribution in [-0.4, -0.2) is 24.9 Å². The third-order valence-electron chi connectivity index (χ3n) is 3.75. The summed E-state index contributed by atoms with van der Waals surface area (Å²) in [5, 5.41) is 4.04. The van der Waals surface area contributed by atoms with Crippen LogP contribution in [0.25, 0.3) is 21.3 Å². The first-order valence-corrected chi connectivity index (χ1v) is 9.64. The van der Waals surface area contributed by atoms with Crippen molar-refractivity contribution in [1.82, 2.24) is 24.9 Å². The van der Waals surface area contributed by atoms with Gasteiger partial charge in [-0.2, -0.15) is 15.0 Å². The summed E-state index contributed by atoms with van der Waals surface area (Å²) in [6, 6.07) is 8.44. The largest absolute Gasteiger partial charge is 0.368 e. The molecule has 7 nitrogen and oxygen atoms in total. The minimum atomic E-state index is 0.122. The fourth-order valence-electron chi connectivity index (χ4n) is 2.56. The maximum atomic E-state index is 5.64. The minimum absolute atomic E-state index is 0.122. The average Bonchev–Trinajstić information content (AvgIpc) is 3.04. The molecule has 0 bridgehead atoms. The van der Waals surface area contributed by atoms with E-state index < -0.39 is 0 Å². The number of nitrogen functional groups attached to an aromatic ring is 2. The molecule has 0 fully saturated rings. The van der Waals surface area contributed by atoms with Gasteiger partial charge in [-0.15, -0.1) is 11.3 Å². The van der Waals surface area contributed by atoms with Gasteiger partial charge in [-0.25, -0.2) is 9.97 Å². The lowest BCUT2D eigenvalue weighted by Crippen LogP contribution is -2.06. The van der Waals surface area contributed by atoms with Crippen molar-refractivity contribution in [3.8, 4) is 11.1 Å². The zero-order valence-corrected chi connectivity index (χ0v) is 15.5. The van der Waals surface area contributed by atoms with Gasteiger partial charge >= 0.3 is 0 Å². The Morgan fingerprint density at radius 3 is 2.46 bits per heavy atom. The quantitative estimate of drug-likeness (QED) is 0.408. The summed E-state index contributed by atoms with van der Waals surface area (Å²) in [4.78, 5) is 21.9. The lowest BCUT2D eigenvalue weighted by atomic mass is 10.1. The third-order valence-corrected chi connectivity index (χ3v) is 5.62. The Hall–Kier alpha value is -2.78. The Balaban J connectivity index is 1.71. The molecule has 3 aromatic heterocycles. The van der Waals surface area contributed by atoms with Crippen LogP contribution in [0, 0.1) is 6.92 Å². The van der Waals surface area contributed by atoms with E-state index in [1.807, 2.05) is 0 Å². The maximum absolute atomic E-state index is 5.64. The second kappa shape index (κ2) is 6.85. The van der Waals surface area contributed by atoms with Gasteiger partial charge in [0.1, 0.15) is 22.0 Å². The Labute approximate surface area is 157 Å². The first-order valence-electron chi connectivity index (χ1n) is 7.78. The van der Waals surface area contributed by atoms with Gasteiger partial charge in [0.05, 0.1) is 11.1 Å². The van der Waals surface area contributed by atoms with E-state index in [2.05, 4.69) is 61.5 Å². The molecule has 0 aliphatic heterocycles. The summed E-state index contributed by atoms with van der Waals surface area (Å²) in [7, 11) is 0. The molecular formula is C17H15N7S2. The highest BCUT2D eigenvalue weighted by molar-refractivity contribution is 7.98. The number of aryl methyl sites for hydroxylation is 1. The fraction of sp³-hybridized carbons (Fsp3) is 0.118. The van der Waals surface area contributed by atoms with Crippen LogP contribution in [-0.2, 0) is 5.75 Å². The van der Waals surface area contributed by atoms with Crippen LogP contribution in [0.3, 0.4) is 0 Å². The molecule has 1 aromatic carbocycles. The van der Waals surface area contributed by atoms with E-state index in [0.717, 1.165) is 26.4 Å². The molecule has 0 amide bonds. The van der Waals surface area contributed by atoms with Gasteiger partial charge in [-0.1, -0.05) is 41.6 Å². The monoisotopic (exact) mass is 381 g/mol. The van der Waals surface area contributed by atoms with Crippen LogP contribution in [0.15, 0.2) is 41.0 Å². The predicted octanol–water partition coefficient (Wildman–Crippen LogP) is 3.31. The first kappa shape index (κ1) is 16.7. The zero-order valence-electron chi connectivity index (χ0n) is 13.9. The van der Waals surface area contributed by atoms with E-state index in [1.165, 1.54) is 17.3 Å². The topological polar surface area (TPSA) is 116 Å². The number of hydrogen-bond donors (Lipinski definition) is 2. The molecule has 3 heterocycles. The highest BCUT2D eigenvalue weighted by atomic mass is 32.2. The number of hydrogen-bond acceptors (Lipinski definition) is 9. The van der Waals surface area contributed by atoms with Gasteiger partial charge in [0.2, 0.25) is 11.9 Å². The third kappa shape index (κ3) is 3.31. The SMILES string of the molecule is Cc1ccc(-c2csc3ncnc(SCc4nc(N)nc(N)n4)c23)cc1. The molecule has 26 heavy (non-hydrogen) atoms. The fourth-order valence-corrected chi connectivity index (χ4v) is 4.41. The summed E-state index contributed by atoms with van der Waals surface area (Å²) < 4.78 is 0. The van der Waals surface area contributed by atoms with Gasteiger partial charge in [0, 0.05) is 10.9 Å². The van der Waals surface area contributed by atoms with Gasteiger partial charge in [0.15, 0.2) is 0 Å². The van der Waals surface area contributed by atoms with Crippen LogP contribution in [0.4, 0.5) is 11.9 Å². The molecule has 0 saturated heterocycles. The summed E-state index contributed by atoms with van der Waals surface area (Å²) in [5.41, 5.74) is 14.8. The zero-order chi connectivity index (χ0) is 18.1. The standard InChI is InChI=1S/C17H15N7S2/c1-9-2-4-10(5-3-9)11-6-25-14-13(11)15(21-8-20-14)26-7-12-22-16(18)24-17(19)23-12/h2-6,8H,7H2,1H3,(H4,18,19,22,23,24). The second-order valence-corrected chi connectivity index (χ2v) is 7.45. The predicted molar refractivity (Wildman–Crippen MR) is 106 cm³/mol. The molecule has 0 saturated carbocycles.